The fraction of sp³-hybridized carbons (Fsp3) is 0.333. The van der Waals surface area contributed by atoms with Gasteiger partial charge in [0.15, 0.2) is 0 Å². The van der Waals surface area contributed by atoms with Crippen LogP contribution in [0.1, 0.15) is 10.4 Å². The van der Waals surface area contributed by atoms with Gasteiger partial charge in [0.1, 0.15) is 12.4 Å². The molecule has 0 spiro atoms. The van der Waals surface area contributed by atoms with E-state index in [0.29, 0.717) is 36.8 Å². The van der Waals surface area contributed by atoms with Gasteiger partial charge in [0.25, 0.3) is 0 Å². The van der Waals surface area contributed by atoms with Crippen molar-refractivity contribution >= 4 is 17.7 Å². The average Bonchev–Trinajstić information content (AvgIpc) is 2.98. The number of esters is 1. The molecule has 1 aromatic carbocycles. The Morgan fingerprint density at radius 3 is 2.77 bits per heavy atom. The van der Waals surface area contributed by atoms with E-state index in [4.69, 9.17) is 9.47 Å². The number of benzene rings is 1. The second-order valence-electron chi connectivity index (χ2n) is 5.12. The Morgan fingerprint density at radius 1 is 1.27 bits per heavy atom. The Kier molecular flexibility index (Phi) is 3.62. The summed E-state index contributed by atoms with van der Waals surface area (Å²) in [7, 11) is 3.22. The largest absolute Gasteiger partial charge is 0.490 e. The molecule has 0 atom stereocenters. The second kappa shape index (κ2) is 5.59. The first-order valence-electron chi connectivity index (χ1n) is 6.92. The minimum Gasteiger partial charge on any atom is -0.490 e. The molecule has 22 heavy (non-hydrogen) atoms. The number of rotatable bonds is 1. The van der Waals surface area contributed by atoms with Crippen LogP contribution in [0.5, 0.6) is 5.75 Å². The third-order valence-corrected chi connectivity index (χ3v) is 3.60. The molecule has 2 aliphatic rings. The highest BCUT2D eigenvalue weighted by Gasteiger charge is 2.29. The van der Waals surface area contributed by atoms with E-state index in [1.807, 2.05) is 18.1 Å². The SMILES string of the molecule is COC(=O)c1ccc2c(c1)N(C(=O)N1C=CN(C)C1)CCO2. The predicted octanol–water partition coefficient (Wildman–Crippen LogP) is 1.47. The van der Waals surface area contributed by atoms with Gasteiger partial charge in [-0.05, 0) is 18.2 Å². The van der Waals surface area contributed by atoms with Crippen LogP contribution in [0.2, 0.25) is 0 Å². The zero-order valence-electron chi connectivity index (χ0n) is 12.5. The number of anilines is 1. The molecule has 0 aliphatic carbocycles. The molecule has 0 radical (unpaired) electrons. The molecule has 7 nitrogen and oxygen atoms in total. The maximum Gasteiger partial charge on any atom is 0.337 e. The molecule has 7 heteroatoms. The van der Waals surface area contributed by atoms with Gasteiger partial charge in [-0.2, -0.15) is 0 Å². The summed E-state index contributed by atoms with van der Waals surface area (Å²) in [5, 5.41) is 0. The van der Waals surface area contributed by atoms with Crippen LogP contribution >= 0.6 is 0 Å². The Hall–Kier alpha value is -2.70. The number of carbonyl (C=O) groups is 2. The summed E-state index contributed by atoms with van der Waals surface area (Å²) in [6.45, 7) is 1.36. The quantitative estimate of drug-likeness (QED) is 0.735. The van der Waals surface area contributed by atoms with E-state index in [1.54, 1.807) is 34.2 Å². The highest BCUT2D eigenvalue weighted by atomic mass is 16.5. The molecule has 0 unspecified atom stereocenters. The van der Waals surface area contributed by atoms with E-state index in [1.165, 1.54) is 7.11 Å². The number of hydrogen-bond donors (Lipinski definition) is 0. The Bertz CT molecular complexity index is 644. The van der Waals surface area contributed by atoms with E-state index in [9.17, 15) is 9.59 Å². The van der Waals surface area contributed by atoms with Crippen molar-refractivity contribution in [2.45, 2.75) is 0 Å². The number of urea groups is 1. The monoisotopic (exact) mass is 303 g/mol. The topological polar surface area (TPSA) is 62.3 Å². The molecule has 1 aromatic rings. The summed E-state index contributed by atoms with van der Waals surface area (Å²) >= 11 is 0. The highest BCUT2D eigenvalue weighted by Crippen LogP contribution is 2.33. The van der Waals surface area contributed by atoms with Crippen molar-refractivity contribution in [2.24, 2.45) is 0 Å². The normalized spacial score (nSPS) is 16.4. The number of fused-ring (bicyclic) bond motifs is 1. The molecule has 0 N–H and O–H groups in total. The van der Waals surface area contributed by atoms with Gasteiger partial charge >= 0.3 is 12.0 Å². The number of amides is 2. The molecule has 0 bridgehead atoms. The van der Waals surface area contributed by atoms with E-state index in [-0.39, 0.29) is 6.03 Å². The molecule has 0 saturated carbocycles. The molecular formula is C15H17N3O4. The van der Waals surface area contributed by atoms with Crippen molar-refractivity contribution in [2.75, 3.05) is 38.9 Å². The molecule has 2 aliphatic heterocycles. The lowest BCUT2D eigenvalue weighted by Gasteiger charge is -2.32. The molecular weight excluding hydrogens is 286 g/mol. The van der Waals surface area contributed by atoms with Crippen LogP contribution in [-0.2, 0) is 4.74 Å². The van der Waals surface area contributed by atoms with Crippen LogP contribution in [0.4, 0.5) is 10.5 Å². The van der Waals surface area contributed by atoms with Gasteiger partial charge in [0.2, 0.25) is 0 Å². The summed E-state index contributed by atoms with van der Waals surface area (Å²) in [5.74, 6) is 0.144. The van der Waals surface area contributed by atoms with Crippen molar-refractivity contribution < 1.29 is 19.1 Å². The third-order valence-electron chi connectivity index (χ3n) is 3.60. The average molecular weight is 303 g/mol. The maximum absolute atomic E-state index is 12.7. The van der Waals surface area contributed by atoms with E-state index < -0.39 is 5.97 Å². The smallest absolute Gasteiger partial charge is 0.337 e. The van der Waals surface area contributed by atoms with Gasteiger partial charge < -0.3 is 14.4 Å². The molecule has 2 amide bonds. The van der Waals surface area contributed by atoms with Crippen molar-refractivity contribution in [1.29, 1.82) is 0 Å². The first kappa shape index (κ1) is 14.2. The fourth-order valence-corrected chi connectivity index (χ4v) is 2.47. The third kappa shape index (κ3) is 2.45. The lowest BCUT2D eigenvalue weighted by atomic mass is 10.1. The summed E-state index contributed by atoms with van der Waals surface area (Å²) in [5.41, 5.74) is 0.973. The maximum atomic E-state index is 12.7. The van der Waals surface area contributed by atoms with Crippen LogP contribution in [0.3, 0.4) is 0 Å². The Labute approximate surface area is 128 Å². The second-order valence-corrected chi connectivity index (χ2v) is 5.12. The minimum absolute atomic E-state index is 0.146. The lowest BCUT2D eigenvalue weighted by Crippen LogP contribution is -2.45. The first-order chi connectivity index (χ1) is 10.6. The Morgan fingerprint density at radius 2 is 2.09 bits per heavy atom. The summed E-state index contributed by atoms with van der Waals surface area (Å²) < 4.78 is 10.3. The van der Waals surface area contributed by atoms with E-state index in [2.05, 4.69) is 0 Å². The molecule has 3 rings (SSSR count). The summed E-state index contributed by atoms with van der Waals surface area (Å²) in [6, 6.07) is 4.80. The van der Waals surface area contributed by atoms with Crippen LogP contribution in [-0.4, -0.2) is 55.8 Å². The van der Waals surface area contributed by atoms with Gasteiger partial charge in [-0.1, -0.05) is 0 Å². The fourth-order valence-electron chi connectivity index (χ4n) is 2.47. The first-order valence-corrected chi connectivity index (χ1v) is 6.92. The van der Waals surface area contributed by atoms with Crippen LogP contribution in [0.25, 0.3) is 0 Å². The number of methoxy groups -OCH3 is 1. The van der Waals surface area contributed by atoms with Crippen LogP contribution in [0, 0.1) is 0 Å². The van der Waals surface area contributed by atoms with Crippen LogP contribution < -0.4 is 9.64 Å². The number of hydrogen-bond acceptors (Lipinski definition) is 5. The van der Waals surface area contributed by atoms with Gasteiger partial charge in [0.05, 0.1) is 31.6 Å². The van der Waals surface area contributed by atoms with Gasteiger partial charge in [-0.25, -0.2) is 9.59 Å². The number of nitrogens with zero attached hydrogens (tertiary/aromatic N) is 3. The van der Waals surface area contributed by atoms with Gasteiger partial charge in [0, 0.05) is 19.4 Å². The zero-order chi connectivity index (χ0) is 15.7. The molecule has 116 valence electrons. The number of ether oxygens (including phenoxy) is 2. The lowest BCUT2D eigenvalue weighted by molar-refractivity contribution is 0.0600. The van der Waals surface area contributed by atoms with Crippen molar-refractivity contribution in [3.05, 3.63) is 36.2 Å². The number of carbonyl (C=O) groups excluding carboxylic acids is 2. The summed E-state index contributed by atoms with van der Waals surface area (Å²) in [4.78, 5) is 29.5. The van der Waals surface area contributed by atoms with Crippen molar-refractivity contribution in [3.8, 4) is 5.75 Å². The molecule has 2 heterocycles. The standard InChI is InChI=1S/C15H17N3O4/c1-16-5-6-17(10-16)15(20)18-7-8-22-13-4-3-11(9-12(13)18)14(19)21-2/h3-6,9H,7-8,10H2,1-2H3. The Balaban J connectivity index is 1.91. The van der Waals surface area contributed by atoms with Crippen molar-refractivity contribution in [3.63, 3.8) is 0 Å². The minimum atomic E-state index is -0.443. The van der Waals surface area contributed by atoms with Gasteiger partial charge in [-0.15, -0.1) is 0 Å². The molecule has 0 aromatic heterocycles. The predicted molar refractivity (Wildman–Crippen MR) is 79.6 cm³/mol. The van der Waals surface area contributed by atoms with Crippen molar-refractivity contribution in [1.82, 2.24) is 9.80 Å². The van der Waals surface area contributed by atoms with E-state index in [0.717, 1.165) is 0 Å². The molecule has 0 fully saturated rings. The zero-order valence-corrected chi connectivity index (χ0v) is 12.5. The molecule has 0 saturated heterocycles. The van der Waals surface area contributed by atoms with E-state index >= 15 is 0 Å². The summed E-state index contributed by atoms with van der Waals surface area (Å²) in [6.07, 6.45) is 3.58. The highest BCUT2D eigenvalue weighted by molar-refractivity contribution is 5.97. The van der Waals surface area contributed by atoms with Crippen LogP contribution in [0.15, 0.2) is 30.6 Å². The van der Waals surface area contributed by atoms with Gasteiger partial charge in [-0.3, -0.25) is 9.80 Å².